The molecule has 0 saturated heterocycles. The van der Waals surface area contributed by atoms with Crippen molar-refractivity contribution in [3.63, 3.8) is 0 Å². The summed E-state index contributed by atoms with van der Waals surface area (Å²) in [4.78, 5) is 12.0. The Hall–Kier alpha value is -1.39. The number of aliphatic hydroxyl groups excluding tert-OH is 1. The van der Waals surface area contributed by atoms with Crippen LogP contribution in [0.3, 0.4) is 0 Å². The van der Waals surface area contributed by atoms with Crippen LogP contribution in [0.1, 0.15) is 23.7 Å². The average molecular weight is 222 g/mol. The number of carbonyl (C=O) groups is 1. The SMILES string of the molecule is CCC(NCCO)C(=O)c1ccc(N)cc1. The molecular formula is C12H18N2O2. The van der Waals surface area contributed by atoms with Crippen LogP contribution in [0.25, 0.3) is 0 Å². The van der Waals surface area contributed by atoms with Crippen LogP contribution in [-0.2, 0) is 0 Å². The largest absolute Gasteiger partial charge is 0.399 e. The molecule has 0 heterocycles. The van der Waals surface area contributed by atoms with Crippen molar-refractivity contribution in [2.75, 3.05) is 18.9 Å². The second-order valence-electron chi connectivity index (χ2n) is 3.62. The van der Waals surface area contributed by atoms with Gasteiger partial charge in [-0.1, -0.05) is 6.92 Å². The van der Waals surface area contributed by atoms with Crippen molar-refractivity contribution >= 4 is 11.5 Å². The minimum atomic E-state index is -0.240. The maximum atomic E-state index is 12.0. The third-order valence-corrected chi connectivity index (χ3v) is 2.42. The number of anilines is 1. The van der Waals surface area contributed by atoms with Crippen LogP contribution in [0.2, 0.25) is 0 Å². The van der Waals surface area contributed by atoms with Gasteiger partial charge in [-0.2, -0.15) is 0 Å². The van der Waals surface area contributed by atoms with E-state index in [-0.39, 0.29) is 18.4 Å². The molecule has 16 heavy (non-hydrogen) atoms. The molecule has 0 amide bonds. The van der Waals surface area contributed by atoms with Crippen molar-refractivity contribution in [1.29, 1.82) is 0 Å². The quantitative estimate of drug-likeness (QED) is 0.492. The fourth-order valence-corrected chi connectivity index (χ4v) is 1.51. The monoisotopic (exact) mass is 222 g/mol. The Bertz CT molecular complexity index is 335. The highest BCUT2D eigenvalue weighted by Gasteiger charge is 2.16. The summed E-state index contributed by atoms with van der Waals surface area (Å²) in [5, 5.41) is 11.7. The summed E-state index contributed by atoms with van der Waals surface area (Å²) in [6, 6.07) is 6.63. The number of hydrogen-bond acceptors (Lipinski definition) is 4. The summed E-state index contributed by atoms with van der Waals surface area (Å²) in [7, 11) is 0. The first kappa shape index (κ1) is 12.7. The van der Waals surface area contributed by atoms with E-state index < -0.39 is 0 Å². The van der Waals surface area contributed by atoms with E-state index in [9.17, 15) is 4.79 Å². The van der Waals surface area contributed by atoms with Crippen LogP contribution < -0.4 is 11.1 Å². The molecule has 1 unspecified atom stereocenters. The van der Waals surface area contributed by atoms with Gasteiger partial charge in [0.05, 0.1) is 12.6 Å². The number of nitrogens with two attached hydrogens (primary N) is 1. The Morgan fingerprint density at radius 1 is 1.44 bits per heavy atom. The number of ketones is 1. The van der Waals surface area contributed by atoms with Crippen molar-refractivity contribution < 1.29 is 9.90 Å². The third-order valence-electron chi connectivity index (χ3n) is 2.42. The predicted octanol–water partition coefficient (Wildman–Crippen LogP) is 0.812. The standard InChI is InChI=1S/C12H18N2O2/c1-2-11(14-7-8-15)12(16)9-3-5-10(13)6-4-9/h3-6,11,14-15H,2,7-8,13H2,1H3. The van der Waals surface area contributed by atoms with Gasteiger partial charge in [-0.05, 0) is 30.7 Å². The number of hydrogen-bond donors (Lipinski definition) is 3. The molecule has 0 bridgehead atoms. The maximum Gasteiger partial charge on any atom is 0.179 e. The van der Waals surface area contributed by atoms with Gasteiger partial charge in [0.2, 0.25) is 0 Å². The molecule has 0 fully saturated rings. The first-order valence-corrected chi connectivity index (χ1v) is 5.43. The van der Waals surface area contributed by atoms with Gasteiger partial charge >= 0.3 is 0 Å². The lowest BCUT2D eigenvalue weighted by atomic mass is 10.0. The van der Waals surface area contributed by atoms with E-state index in [2.05, 4.69) is 5.32 Å². The van der Waals surface area contributed by atoms with Crippen molar-refractivity contribution in [3.8, 4) is 0 Å². The van der Waals surface area contributed by atoms with Gasteiger partial charge in [0, 0.05) is 17.8 Å². The van der Waals surface area contributed by atoms with Crippen molar-refractivity contribution in [2.45, 2.75) is 19.4 Å². The molecule has 4 nitrogen and oxygen atoms in total. The van der Waals surface area contributed by atoms with E-state index >= 15 is 0 Å². The zero-order valence-corrected chi connectivity index (χ0v) is 9.44. The normalized spacial score (nSPS) is 12.4. The number of Topliss-reactive ketones (excluding diaryl/α,β-unsaturated/α-hetero) is 1. The van der Waals surface area contributed by atoms with Crippen molar-refractivity contribution in [1.82, 2.24) is 5.32 Å². The molecule has 1 rings (SSSR count). The Labute approximate surface area is 95.5 Å². The van der Waals surface area contributed by atoms with Gasteiger partial charge < -0.3 is 16.2 Å². The molecule has 1 aromatic carbocycles. The molecular weight excluding hydrogens is 204 g/mol. The van der Waals surface area contributed by atoms with Crippen LogP contribution in [0, 0.1) is 0 Å². The minimum Gasteiger partial charge on any atom is -0.399 e. The molecule has 4 N–H and O–H groups in total. The molecule has 0 aliphatic heterocycles. The van der Waals surface area contributed by atoms with Crippen molar-refractivity contribution in [3.05, 3.63) is 29.8 Å². The Kier molecular flexibility index (Phi) is 4.95. The zero-order chi connectivity index (χ0) is 12.0. The van der Waals surface area contributed by atoms with Crippen LogP contribution in [0.5, 0.6) is 0 Å². The minimum absolute atomic E-state index is 0.0333. The molecule has 0 aliphatic carbocycles. The third kappa shape index (κ3) is 3.32. The van der Waals surface area contributed by atoms with E-state index in [1.54, 1.807) is 24.3 Å². The first-order valence-electron chi connectivity index (χ1n) is 5.43. The molecule has 0 aromatic heterocycles. The van der Waals surface area contributed by atoms with Gasteiger partial charge in [-0.25, -0.2) is 0 Å². The van der Waals surface area contributed by atoms with E-state index in [4.69, 9.17) is 10.8 Å². The second-order valence-corrected chi connectivity index (χ2v) is 3.62. The van der Waals surface area contributed by atoms with E-state index in [0.717, 1.165) is 0 Å². The van der Waals surface area contributed by atoms with Crippen LogP contribution >= 0.6 is 0 Å². The predicted molar refractivity (Wildman–Crippen MR) is 64.4 cm³/mol. The van der Waals surface area contributed by atoms with Gasteiger partial charge in [0.25, 0.3) is 0 Å². The highest BCUT2D eigenvalue weighted by molar-refractivity contribution is 6.00. The molecule has 4 heteroatoms. The molecule has 88 valence electrons. The Morgan fingerprint density at radius 2 is 2.06 bits per heavy atom. The summed E-state index contributed by atoms with van der Waals surface area (Å²) in [6.45, 7) is 2.40. The number of benzene rings is 1. The van der Waals surface area contributed by atoms with Gasteiger partial charge in [-0.3, -0.25) is 4.79 Å². The van der Waals surface area contributed by atoms with E-state index in [0.29, 0.717) is 24.2 Å². The van der Waals surface area contributed by atoms with Crippen LogP contribution in [0.15, 0.2) is 24.3 Å². The van der Waals surface area contributed by atoms with Gasteiger partial charge in [-0.15, -0.1) is 0 Å². The number of rotatable bonds is 6. The highest BCUT2D eigenvalue weighted by atomic mass is 16.3. The molecule has 0 saturated carbocycles. The van der Waals surface area contributed by atoms with Gasteiger partial charge in [0.1, 0.15) is 0 Å². The van der Waals surface area contributed by atoms with Gasteiger partial charge in [0.15, 0.2) is 5.78 Å². The topological polar surface area (TPSA) is 75.3 Å². The number of carbonyl (C=O) groups excluding carboxylic acids is 1. The summed E-state index contributed by atoms with van der Waals surface area (Å²) >= 11 is 0. The lowest BCUT2D eigenvalue weighted by Crippen LogP contribution is -2.37. The summed E-state index contributed by atoms with van der Waals surface area (Å²) in [5.74, 6) is 0.0379. The van der Waals surface area contributed by atoms with Crippen molar-refractivity contribution in [2.24, 2.45) is 0 Å². The lowest BCUT2D eigenvalue weighted by molar-refractivity contribution is 0.0937. The molecule has 1 aromatic rings. The number of aliphatic hydroxyl groups is 1. The molecule has 0 spiro atoms. The summed E-state index contributed by atoms with van der Waals surface area (Å²) in [6.07, 6.45) is 0.698. The van der Waals surface area contributed by atoms with Crippen LogP contribution in [0.4, 0.5) is 5.69 Å². The maximum absolute atomic E-state index is 12.0. The van der Waals surface area contributed by atoms with E-state index in [1.807, 2.05) is 6.92 Å². The summed E-state index contributed by atoms with van der Waals surface area (Å²) < 4.78 is 0. The fourth-order valence-electron chi connectivity index (χ4n) is 1.51. The fraction of sp³-hybridized carbons (Fsp3) is 0.417. The zero-order valence-electron chi connectivity index (χ0n) is 9.44. The lowest BCUT2D eigenvalue weighted by Gasteiger charge is -2.15. The summed E-state index contributed by atoms with van der Waals surface area (Å²) in [5.41, 5.74) is 6.85. The Morgan fingerprint density at radius 3 is 2.56 bits per heavy atom. The number of nitrogen functional groups attached to an aromatic ring is 1. The molecule has 0 radical (unpaired) electrons. The van der Waals surface area contributed by atoms with Crippen LogP contribution in [-0.4, -0.2) is 30.1 Å². The first-order chi connectivity index (χ1) is 7.69. The number of nitrogens with one attached hydrogen (secondary N) is 1. The highest BCUT2D eigenvalue weighted by Crippen LogP contribution is 2.09. The second kappa shape index (κ2) is 6.25. The molecule has 0 aliphatic rings. The molecule has 1 atom stereocenters. The Balaban J connectivity index is 2.70. The smallest absolute Gasteiger partial charge is 0.179 e. The van der Waals surface area contributed by atoms with E-state index in [1.165, 1.54) is 0 Å². The average Bonchev–Trinajstić information content (AvgIpc) is 2.30.